The molecule has 3 aliphatic rings. The van der Waals surface area contributed by atoms with E-state index in [1.165, 1.54) is 14.0 Å². The number of methoxy groups -OCH3 is 1. The lowest BCUT2D eigenvalue weighted by atomic mass is 9.77. The van der Waals surface area contributed by atoms with E-state index in [2.05, 4.69) is 10.6 Å². The van der Waals surface area contributed by atoms with Crippen molar-refractivity contribution in [1.82, 2.24) is 15.1 Å². The van der Waals surface area contributed by atoms with Crippen LogP contribution in [0, 0.1) is 17.8 Å². The summed E-state index contributed by atoms with van der Waals surface area (Å²) in [6.07, 6.45) is -8.81. The Kier molecular flexibility index (Phi) is 19.2. The predicted octanol–water partition coefficient (Wildman–Crippen LogP) is 3.26. The minimum absolute atomic E-state index is 0.111. The molecule has 0 unspecified atom stereocenters. The van der Waals surface area contributed by atoms with Crippen LogP contribution in [0.3, 0.4) is 0 Å². The smallest absolute Gasteiger partial charge is 0.311 e. The lowest BCUT2D eigenvalue weighted by molar-refractivity contribution is -0.318. The second-order valence-electron chi connectivity index (χ2n) is 19.5. The summed E-state index contributed by atoms with van der Waals surface area (Å²) in [5, 5.41) is 66.6. The number of anilines is 1. The zero-order valence-electron chi connectivity index (χ0n) is 39.9. The molecule has 63 heavy (non-hydrogen) atoms. The van der Waals surface area contributed by atoms with E-state index in [1.54, 1.807) is 34.6 Å². The van der Waals surface area contributed by atoms with Gasteiger partial charge in [0.2, 0.25) is 0 Å². The summed E-state index contributed by atoms with van der Waals surface area (Å²) in [6, 6.07) is 8.58. The normalized spacial score (nSPS) is 42.8. The number of aliphatic hydroxyl groups is 5. The summed E-state index contributed by atoms with van der Waals surface area (Å²) >= 11 is 5.58. The van der Waals surface area contributed by atoms with Gasteiger partial charge in [0.25, 0.3) is 0 Å². The van der Waals surface area contributed by atoms with Gasteiger partial charge in [-0.2, -0.15) is 0 Å². The second-order valence-corrected chi connectivity index (χ2v) is 19.9. The van der Waals surface area contributed by atoms with Crippen LogP contribution in [-0.2, 0) is 33.2 Å². The summed E-state index contributed by atoms with van der Waals surface area (Å²) in [7, 11) is 5.27. The largest absolute Gasteiger partial charge is 0.459 e. The topological polar surface area (TPSA) is 204 Å². The number of benzene rings is 1. The summed E-state index contributed by atoms with van der Waals surface area (Å²) in [5.41, 5.74) is -3.75. The first-order chi connectivity index (χ1) is 29.4. The fraction of sp³-hybridized carbons (Fsp3) is 0.826. The summed E-state index contributed by atoms with van der Waals surface area (Å²) in [4.78, 5) is 18.5. The number of carbonyl (C=O) groups excluding carboxylic acids is 1. The van der Waals surface area contributed by atoms with Crippen molar-refractivity contribution in [3.05, 3.63) is 30.3 Å². The lowest BCUT2D eigenvalue weighted by Gasteiger charge is -2.48. The molecule has 4 rings (SSSR count). The second kappa shape index (κ2) is 22.6. The van der Waals surface area contributed by atoms with Crippen molar-refractivity contribution < 1.29 is 58.7 Å². The van der Waals surface area contributed by atoms with E-state index in [4.69, 9.17) is 40.6 Å². The predicted molar refractivity (Wildman–Crippen MR) is 244 cm³/mol. The zero-order chi connectivity index (χ0) is 47.2. The molecule has 362 valence electrons. The number of rotatable bonds is 11. The number of ether oxygens (including phenoxy) is 6. The molecule has 0 bridgehead atoms. The van der Waals surface area contributed by atoms with Gasteiger partial charge in [-0.1, -0.05) is 39.0 Å². The number of thiocarbonyl (C=S) groups is 1. The number of carbonyl (C=O) groups is 1. The van der Waals surface area contributed by atoms with Crippen molar-refractivity contribution in [1.29, 1.82) is 0 Å². The first kappa shape index (κ1) is 53.5. The molecule has 0 aliphatic carbocycles. The first-order valence-corrected chi connectivity index (χ1v) is 23.1. The average molecular weight is 913 g/mol. The Morgan fingerprint density at radius 3 is 2.22 bits per heavy atom. The van der Waals surface area contributed by atoms with Crippen LogP contribution in [0.2, 0.25) is 0 Å². The van der Waals surface area contributed by atoms with Crippen LogP contribution >= 0.6 is 12.2 Å². The maximum Gasteiger partial charge on any atom is 0.311 e. The van der Waals surface area contributed by atoms with E-state index in [9.17, 15) is 30.3 Å². The van der Waals surface area contributed by atoms with Crippen molar-refractivity contribution in [2.24, 2.45) is 17.8 Å². The number of likely N-dealkylation sites (N-methyl/N-ethyl adjacent to an activating group) is 1. The maximum absolute atomic E-state index is 14.5. The van der Waals surface area contributed by atoms with Gasteiger partial charge in [-0.05, 0) is 112 Å². The molecule has 18 atom stereocenters. The number of esters is 1. The van der Waals surface area contributed by atoms with Crippen molar-refractivity contribution in [2.45, 2.75) is 185 Å². The highest BCUT2D eigenvalue weighted by molar-refractivity contribution is 7.80. The van der Waals surface area contributed by atoms with Gasteiger partial charge in [0.15, 0.2) is 17.7 Å². The molecule has 0 aromatic heterocycles. The summed E-state index contributed by atoms with van der Waals surface area (Å²) in [6.45, 7) is 18.7. The van der Waals surface area contributed by atoms with Gasteiger partial charge in [0.05, 0.1) is 41.5 Å². The Bertz CT molecular complexity index is 1600. The number of cyclic esters (lactones) is 1. The molecule has 16 nitrogen and oxygen atoms in total. The molecule has 0 saturated carbocycles. The molecule has 3 saturated heterocycles. The van der Waals surface area contributed by atoms with E-state index in [0.717, 1.165) is 5.69 Å². The molecular weight excluding hydrogens is 833 g/mol. The molecule has 3 aliphatic heterocycles. The van der Waals surface area contributed by atoms with Crippen LogP contribution in [0.25, 0.3) is 0 Å². The molecule has 7 N–H and O–H groups in total. The Morgan fingerprint density at radius 2 is 1.62 bits per heavy atom. The minimum Gasteiger partial charge on any atom is -0.459 e. The van der Waals surface area contributed by atoms with Gasteiger partial charge >= 0.3 is 5.97 Å². The third kappa shape index (κ3) is 13.3. The average Bonchev–Trinajstić information content (AvgIpc) is 3.21. The van der Waals surface area contributed by atoms with Crippen LogP contribution in [0.4, 0.5) is 5.69 Å². The number of hydrogen-bond acceptors (Lipinski definition) is 15. The third-order valence-corrected chi connectivity index (χ3v) is 14.0. The fourth-order valence-electron chi connectivity index (χ4n) is 9.91. The number of hydrogen-bond donors (Lipinski definition) is 7. The highest BCUT2D eigenvalue weighted by atomic mass is 32.1. The molecule has 0 radical (unpaired) electrons. The Labute approximate surface area is 381 Å². The molecule has 17 heteroatoms. The molecule has 3 heterocycles. The minimum atomic E-state index is -1.89. The number of nitrogens with zero attached hydrogens (tertiary/aromatic N) is 2. The Balaban J connectivity index is 1.78. The van der Waals surface area contributed by atoms with Crippen LogP contribution in [0.1, 0.15) is 94.9 Å². The SMILES string of the molecule is CC[C@H]1OC(=O)[C@H](C)[C@@H](O[C@@H]2C[C@@](C)(OC)[C@@H](O)[C@H](C)O2)[C@H](C)[C@@H](O[C@@H]2O[C@H](C)C[C@H](N(C)C)[C@H]2O)[C@](C)(O)C[C@@H](C)CN(CCNC(=S)Nc2ccccc2)[C@H](C)[C@@H](O)[C@]1(C)O. The van der Waals surface area contributed by atoms with E-state index in [-0.39, 0.29) is 37.3 Å². The van der Waals surface area contributed by atoms with Crippen molar-refractivity contribution >= 4 is 29.0 Å². The number of para-hydroxylation sites is 1. The van der Waals surface area contributed by atoms with Crippen LogP contribution < -0.4 is 10.6 Å². The monoisotopic (exact) mass is 913 g/mol. The van der Waals surface area contributed by atoms with E-state index in [0.29, 0.717) is 31.2 Å². The highest BCUT2D eigenvalue weighted by Crippen LogP contribution is 2.40. The first-order valence-electron chi connectivity index (χ1n) is 22.7. The van der Waals surface area contributed by atoms with Gasteiger partial charge < -0.3 is 69.5 Å². The van der Waals surface area contributed by atoms with Crippen LogP contribution in [0.5, 0.6) is 0 Å². The molecule has 0 spiro atoms. The van der Waals surface area contributed by atoms with Crippen LogP contribution in [0.15, 0.2) is 30.3 Å². The van der Waals surface area contributed by atoms with Crippen molar-refractivity contribution in [3.63, 3.8) is 0 Å². The molecule has 1 aromatic carbocycles. The third-order valence-electron chi connectivity index (χ3n) is 13.8. The van der Waals surface area contributed by atoms with Crippen LogP contribution in [-0.4, -0.2) is 178 Å². The molecular formula is C46H80N4O12S. The van der Waals surface area contributed by atoms with Gasteiger partial charge in [0, 0.05) is 56.9 Å². The maximum atomic E-state index is 14.5. The number of nitrogens with one attached hydrogen (secondary N) is 2. The quantitative estimate of drug-likeness (QED) is 0.126. The van der Waals surface area contributed by atoms with Gasteiger partial charge in [-0.3, -0.25) is 9.69 Å². The summed E-state index contributed by atoms with van der Waals surface area (Å²) in [5.74, 6) is -2.81. The lowest BCUT2D eigenvalue weighted by Crippen LogP contribution is -2.60. The Morgan fingerprint density at radius 1 is 0.968 bits per heavy atom. The fourth-order valence-corrected chi connectivity index (χ4v) is 10.1. The highest BCUT2D eigenvalue weighted by Gasteiger charge is 2.53. The van der Waals surface area contributed by atoms with E-state index >= 15 is 0 Å². The van der Waals surface area contributed by atoms with Crippen molar-refractivity contribution in [3.8, 4) is 0 Å². The summed E-state index contributed by atoms with van der Waals surface area (Å²) < 4.78 is 38.0. The number of aliphatic hydroxyl groups excluding tert-OH is 3. The van der Waals surface area contributed by atoms with E-state index in [1.807, 2.05) is 81.9 Å². The van der Waals surface area contributed by atoms with Gasteiger partial charge in [-0.25, -0.2) is 0 Å². The standard InChI is InChI=1S/C46H80N4O12S/c1-14-34-46(10,56)38(52)30(6)50(21-20-47-43(63)48-32-18-16-15-17-19-32)25-26(2)23-44(8,55)40(62-42-36(51)33(49(11)12)22-27(3)58-42)28(4)37(29(5)41(54)60-34)61-35-24-45(9,57-13)39(53)31(7)59-35/h15-19,26-31,33-40,42,51-53,55-56H,14,20-25H2,1-13H3,(H2,47,48,63)/t26-,27-,28+,29-,30-,31+,33+,34-,35-,36-,37+,38-,39+,40-,42+,44-,45-,46-/m1/s1. The zero-order valence-corrected chi connectivity index (χ0v) is 40.7. The van der Waals surface area contributed by atoms with Crippen molar-refractivity contribution in [2.75, 3.05) is 46.2 Å². The molecule has 3 fully saturated rings. The van der Waals surface area contributed by atoms with Gasteiger partial charge in [-0.15, -0.1) is 0 Å². The molecule has 1 aromatic rings. The Hall–Kier alpha value is -2.10. The molecule has 0 amide bonds. The van der Waals surface area contributed by atoms with Gasteiger partial charge in [0.1, 0.15) is 30.0 Å². The van der Waals surface area contributed by atoms with E-state index < -0.39 is 96.0 Å².